The molecule has 0 spiro atoms. The molecule has 147 valence electrons. The molecule has 0 aromatic rings. The summed E-state index contributed by atoms with van der Waals surface area (Å²) in [6.45, 7) is 0. The Morgan fingerprint density at radius 2 is 0.808 bits per heavy atom. The van der Waals surface area contributed by atoms with Crippen molar-refractivity contribution in [2.45, 2.75) is 116 Å². The molecule has 0 aromatic heterocycles. The molecule has 0 saturated carbocycles. The highest BCUT2D eigenvalue weighted by Crippen LogP contribution is 2.14. The minimum Gasteiger partial charge on any atom is -0.0845 e. The van der Waals surface area contributed by atoms with E-state index in [-0.39, 0.29) is 0 Å². The molecule has 0 bridgehead atoms. The molecule has 0 nitrogen and oxygen atoms in total. The third kappa shape index (κ3) is 17.8. The zero-order valence-corrected chi connectivity index (χ0v) is 17.3. The van der Waals surface area contributed by atoms with Gasteiger partial charge in [0.05, 0.1) is 0 Å². The van der Waals surface area contributed by atoms with Crippen molar-refractivity contribution >= 4 is 0 Å². The molecule has 0 heterocycles. The first-order chi connectivity index (χ1) is 13.0. The average molecular weight is 356 g/mol. The van der Waals surface area contributed by atoms with Crippen molar-refractivity contribution in [2.24, 2.45) is 0 Å². The maximum Gasteiger partial charge on any atom is -0.0276 e. The first-order valence-corrected chi connectivity index (χ1v) is 11.6. The van der Waals surface area contributed by atoms with Gasteiger partial charge in [-0.15, -0.1) is 0 Å². The lowest BCUT2D eigenvalue weighted by atomic mass is 10.0. The van der Waals surface area contributed by atoms with Gasteiger partial charge in [0.15, 0.2) is 0 Å². The van der Waals surface area contributed by atoms with Crippen LogP contribution >= 0.6 is 0 Å². The lowest BCUT2D eigenvalue weighted by molar-refractivity contribution is 0.528. The first-order valence-electron chi connectivity index (χ1n) is 11.6. The van der Waals surface area contributed by atoms with Crippen molar-refractivity contribution in [3.8, 4) is 0 Å². The Morgan fingerprint density at radius 1 is 0.385 bits per heavy atom. The van der Waals surface area contributed by atoms with Gasteiger partial charge in [0.2, 0.25) is 0 Å². The fourth-order valence-corrected chi connectivity index (χ4v) is 3.54. The van der Waals surface area contributed by atoms with Gasteiger partial charge in [0.1, 0.15) is 0 Å². The van der Waals surface area contributed by atoms with Gasteiger partial charge < -0.3 is 0 Å². The quantitative estimate of drug-likeness (QED) is 0.406. The average Bonchev–Trinajstić information content (AvgIpc) is 2.65. The zero-order valence-electron chi connectivity index (χ0n) is 17.3. The second-order valence-corrected chi connectivity index (χ2v) is 7.76. The van der Waals surface area contributed by atoms with Crippen molar-refractivity contribution in [2.75, 3.05) is 0 Å². The van der Waals surface area contributed by atoms with E-state index in [4.69, 9.17) is 0 Å². The van der Waals surface area contributed by atoms with Crippen LogP contribution in [0.3, 0.4) is 0 Å². The molecule has 1 aliphatic rings. The van der Waals surface area contributed by atoms with Crippen LogP contribution in [0, 0.1) is 6.08 Å². The van der Waals surface area contributed by atoms with Crippen molar-refractivity contribution in [1.29, 1.82) is 0 Å². The normalized spacial score (nSPS) is 26.5. The summed E-state index contributed by atoms with van der Waals surface area (Å²) in [6, 6.07) is 0. The summed E-state index contributed by atoms with van der Waals surface area (Å²) in [7, 11) is 0. The number of rotatable bonds is 0. The van der Waals surface area contributed by atoms with E-state index < -0.39 is 0 Å². The minimum atomic E-state index is 1.11. The Kier molecular flexibility index (Phi) is 17.9. The van der Waals surface area contributed by atoms with Crippen LogP contribution in [0.25, 0.3) is 0 Å². The largest absolute Gasteiger partial charge is 0.0845 e. The van der Waals surface area contributed by atoms with Gasteiger partial charge in [-0.3, -0.25) is 0 Å². The topological polar surface area (TPSA) is 0 Å². The Bertz CT molecular complexity index is 345. The molecule has 1 radical (unpaired) electrons. The van der Waals surface area contributed by atoms with Crippen molar-refractivity contribution < 1.29 is 0 Å². The third-order valence-electron chi connectivity index (χ3n) is 5.24. The summed E-state index contributed by atoms with van der Waals surface area (Å²) in [5, 5.41) is 0. The summed E-state index contributed by atoms with van der Waals surface area (Å²) in [4.78, 5) is 0. The maximum absolute atomic E-state index is 3.38. The van der Waals surface area contributed by atoms with Crippen molar-refractivity contribution in [3.63, 3.8) is 0 Å². The fraction of sp³-hybridized carbons (Fsp3) is 0.692. The highest BCUT2D eigenvalue weighted by Gasteiger charge is 1.94. The van der Waals surface area contributed by atoms with Gasteiger partial charge in [0, 0.05) is 0 Å². The van der Waals surface area contributed by atoms with E-state index in [1.54, 1.807) is 0 Å². The van der Waals surface area contributed by atoms with Crippen molar-refractivity contribution in [1.82, 2.24) is 0 Å². The number of hydrogen-bond acceptors (Lipinski definition) is 0. The lowest BCUT2D eigenvalue weighted by Crippen LogP contribution is -1.84. The lowest BCUT2D eigenvalue weighted by Gasteiger charge is -2.03. The summed E-state index contributed by atoms with van der Waals surface area (Å²) in [5.74, 6) is 0. The molecule has 0 aromatic carbocycles. The van der Waals surface area contributed by atoms with Crippen LogP contribution in [0.2, 0.25) is 0 Å². The SMILES string of the molecule is [C]1=C/C=C/C=C\C=C\CCCCCCCCCCCCCCCCCC/1. The summed E-state index contributed by atoms with van der Waals surface area (Å²) in [5.41, 5.74) is 0. The first kappa shape index (κ1) is 23.0. The van der Waals surface area contributed by atoms with Crippen LogP contribution in [0.1, 0.15) is 116 Å². The van der Waals surface area contributed by atoms with Crippen LogP contribution < -0.4 is 0 Å². The highest BCUT2D eigenvalue weighted by molar-refractivity contribution is 5.14. The van der Waals surface area contributed by atoms with E-state index in [9.17, 15) is 0 Å². The standard InChI is InChI=1S/C26H43/c1-2-4-6-8-10-12-14-16-18-20-22-24-26-25-23-21-19-17-15-13-11-9-7-5-3-1/h1-7H,8,10-26H2/b2-1-,5-3+,6-4+,9-7?. The van der Waals surface area contributed by atoms with E-state index in [1.165, 1.54) is 109 Å². The number of allylic oxidation sites excluding steroid dienone is 8. The molecule has 0 saturated heterocycles. The molecule has 0 fully saturated rings. The smallest absolute Gasteiger partial charge is 0.0276 e. The summed E-state index contributed by atoms with van der Waals surface area (Å²) < 4.78 is 0. The highest BCUT2D eigenvalue weighted by atomic mass is 14.0. The van der Waals surface area contributed by atoms with E-state index in [0.717, 1.165) is 6.42 Å². The summed E-state index contributed by atoms with van der Waals surface area (Å²) >= 11 is 0. The van der Waals surface area contributed by atoms with Gasteiger partial charge in [-0.2, -0.15) is 0 Å². The van der Waals surface area contributed by atoms with E-state index >= 15 is 0 Å². The molecule has 0 heteroatoms. The molecule has 26 heavy (non-hydrogen) atoms. The van der Waals surface area contributed by atoms with E-state index in [2.05, 4.69) is 48.6 Å². The van der Waals surface area contributed by atoms with Gasteiger partial charge in [-0.25, -0.2) is 0 Å². The molecule has 1 aliphatic carbocycles. The van der Waals surface area contributed by atoms with Crippen LogP contribution in [-0.4, -0.2) is 0 Å². The van der Waals surface area contributed by atoms with Gasteiger partial charge in [0.25, 0.3) is 0 Å². The van der Waals surface area contributed by atoms with Gasteiger partial charge in [-0.05, 0) is 31.8 Å². The predicted molar refractivity (Wildman–Crippen MR) is 118 cm³/mol. The van der Waals surface area contributed by atoms with Crippen molar-refractivity contribution in [3.05, 3.63) is 48.6 Å². The molecular formula is C26H43. The summed E-state index contributed by atoms with van der Waals surface area (Å²) in [6.07, 6.45) is 43.5. The van der Waals surface area contributed by atoms with E-state index in [1.807, 2.05) is 0 Å². The third-order valence-corrected chi connectivity index (χ3v) is 5.24. The van der Waals surface area contributed by atoms with Crippen LogP contribution in [0.4, 0.5) is 0 Å². The van der Waals surface area contributed by atoms with Gasteiger partial charge in [-0.1, -0.05) is 132 Å². The van der Waals surface area contributed by atoms with Crippen LogP contribution in [0.5, 0.6) is 0 Å². The Morgan fingerprint density at radius 3 is 1.38 bits per heavy atom. The minimum absolute atomic E-state index is 1.11. The maximum atomic E-state index is 3.38. The van der Waals surface area contributed by atoms with E-state index in [0.29, 0.717) is 0 Å². The molecular weight excluding hydrogens is 312 g/mol. The molecule has 1 rings (SSSR count). The Balaban J connectivity index is 2.18. The zero-order chi connectivity index (χ0) is 18.4. The predicted octanol–water partition coefficient (Wildman–Crippen LogP) is 9.05. The molecule has 0 atom stereocenters. The van der Waals surface area contributed by atoms with Gasteiger partial charge >= 0.3 is 0 Å². The van der Waals surface area contributed by atoms with Crippen LogP contribution in [0.15, 0.2) is 42.5 Å². The van der Waals surface area contributed by atoms with Crippen LogP contribution in [-0.2, 0) is 0 Å². The Hall–Kier alpha value is -1.04. The fourth-order valence-electron chi connectivity index (χ4n) is 3.54. The number of hydrogen-bond donors (Lipinski definition) is 0. The molecule has 0 N–H and O–H groups in total. The molecule has 0 aliphatic heterocycles. The monoisotopic (exact) mass is 355 g/mol. The second kappa shape index (κ2) is 20.3. The molecule has 0 unspecified atom stereocenters. The second-order valence-electron chi connectivity index (χ2n) is 7.76. The Labute approximate surface area is 164 Å². The molecule has 0 amide bonds.